The third-order valence-corrected chi connectivity index (χ3v) is 3.45. The fourth-order valence-corrected chi connectivity index (χ4v) is 2.34. The van der Waals surface area contributed by atoms with E-state index in [0.29, 0.717) is 11.8 Å². The van der Waals surface area contributed by atoms with Gasteiger partial charge in [-0.15, -0.1) is 0 Å². The lowest BCUT2D eigenvalue weighted by Crippen LogP contribution is -2.02. The fraction of sp³-hybridized carbons (Fsp3) is 0.647. The molecule has 102 valence electrons. The van der Waals surface area contributed by atoms with Crippen LogP contribution in [0.5, 0.6) is 0 Å². The van der Waals surface area contributed by atoms with Crippen molar-refractivity contribution in [1.29, 1.82) is 0 Å². The lowest BCUT2D eigenvalue weighted by molar-refractivity contribution is 0.589. The Bertz CT molecular complexity index is 387. The van der Waals surface area contributed by atoms with Crippen molar-refractivity contribution in [3.8, 4) is 0 Å². The van der Waals surface area contributed by atoms with Crippen LogP contribution in [0.1, 0.15) is 88.8 Å². The van der Waals surface area contributed by atoms with E-state index >= 15 is 0 Å². The Labute approximate surface area is 112 Å². The molecule has 1 aromatic rings. The average Bonchev–Trinajstić information content (AvgIpc) is 3.13. The molecule has 0 aliphatic heterocycles. The molecule has 0 bridgehead atoms. The number of hydrogen-bond donors (Lipinski definition) is 0. The fourth-order valence-electron chi connectivity index (χ4n) is 2.34. The lowest BCUT2D eigenvalue weighted by atomic mass is 9.89. The zero-order valence-corrected chi connectivity index (χ0v) is 12.7. The van der Waals surface area contributed by atoms with Crippen LogP contribution in [0.3, 0.4) is 0 Å². The lowest BCUT2D eigenvalue weighted by Gasteiger charge is -2.17. The van der Waals surface area contributed by atoms with Gasteiger partial charge < -0.3 is 0 Å². The smallest absolute Gasteiger partial charge is 0.127 e. The third-order valence-electron chi connectivity index (χ3n) is 3.45. The van der Waals surface area contributed by atoms with Gasteiger partial charge in [-0.25, -0.2) is 4.39 Å². The van der Waals surface area contributed by atoms with E-state index in [2.05, 4.69) is 33.8 Å². The maximum atomic E-state index is 14.1. The summed E-state index contributed by atoms with van der Waals surface area (Å²) in [5, 5.41) is 0. The minimum atomic E-state index is 0.00287. The number of hydrogen-bond acceptors (Lipinski definition) is 0. The van der Waals surface area contributed by atoms with Gasteiger partial charge in [-0.2, -0.15) is 0 Å². The summed E-state index contributed by atoms with van der Waals surface area (Å²) in [6, 6.07) is 3.96. The first-order valence-electron chi connectivity index (χ1n) is 7.34. The van der Waals surface area contributed by atoms with Crippen molar-refractivity contribution >= 4 is 0 Å². The molecule has 18 heavy (non-hydrogen) atoms. The summed E-state index contributed by atoms with van der Waals surface area (Å²) >= 11 is 0. The Morgan fingerprint density at radius 1 is 1.00 bits per heavy atom. The van der Waals surface area contributed by atoms with Crippen molar-refractivity contribution in [2.45, 2.75) is 72.1 Å². The van der Waals surface area contributed by atoms with Gasteiger partial charge in [0.2, 0.25) is 0 Å². The molecule has 0 nitrogen and oxygen atoms in total. The molecule has 0 heterocycles. The van der Waals surface area contributed by atoms with Crippen LogP contribution in [0, 0.1) is 5.82 Å². The Morgan fingerprint density at radius 2 is 1.56 bits per heavy atom. The maximum absolute atomic E-state index is 14.1. The molecule has 0 amide bonds. The van der Waals surface area contributed by atoms with Crippen molar-refractivity contribution in [3.05, 3.63) is 34.6 Å². The summed E-state index contributed by atoms with van der Waals surface area (Å²) in [4.78, 5) is 0. The van der Waals surface area contributed by atoms with Gasteiger partial charge in [0.15, 0.2) is 0 Å². The first-order valence-corrected chi connectivity index (χ1v) is 7.34. The van der Waals surface area contributed by atoms with E-state index in [-0.39, 0.29) is 11.7 Å². The Kier molecular flexibility index (Phi) is 5.37. The van der Waals surface area contributed by atoms with E-state index in [0.717, 1.165) is 11.1 Å². The van der Waals surface area contributed by atoms with E-state index in [1.54, 1.807) is 6.07 Å². The van der Waals surface area contributed by atoms with Crippen LogP contribution in [0.25, 0.3) is 0 Å². The Balaban J connectivity index is 0.000000771. The first-order chi connectivity index (χ1) is 8.50. The number of halogens is 1. The normalized spacial score (nSPS) is 14.7. The Morgan fingerprint density at radius 3 is 1.94 bits per heavy atom. The number of benzene rings is 1. The summed E-state index contributed by atoms with van der Waals surface area (Å²) < 4.78 is 14.1. The molecule has 0 unspecified atom stereocenters. The summed E-state index contributed by atoms with van der Waals surface area (Å²) in [7, 11) is 0. The van der Waals surface area contributed by atoms with E-state index in [1.807, 2.05) is 13.8 Å². The molecule has 0 atom stereocenters. The topological polar surface area (TPSA) is 0 Å². The van der Waals surface area contributed by atoms with E-state index in [9.17, 15) is 4.39 Å². The van der Waals surface area contributed by atoms with Crippen LogP contribution in [-0.2, 0) is 0 Å². The highest BCUT2D eigenvalue weighted by atomic mass is 19.1. The second-order valence-corrected chi connectivity index (χ2v) is 5.59. The van der Waals surface area contributed by atoms with Crippen LogP contribution in [0.4, 0.5) is 4.39 Å². The monoisotopic (exact) mass is 250 g/mol. The molecule has 0 N–H and O–H groups in total. The number of rotatable bonds is 3. The summed E-state index contributed by atoms with van der Waals surface area (Å²) in [5.41, 5.74) is 3.37. The van der Waals surface area contributed by atoms with Crippen LogP contribution < -0.4 is 0 Å². The summed E-state index contributed by atoms with van der Waals surface area (Å²) in [6.45, 7) is 12.4. The predicted octanol–water partition coefficient (Wildman–Crippen LogP) is 5.98. The predicted molar refractivity (Wildman–Crippen MR) is 77.9 cm³/mol. The van der Waals surface area contributed by atoms with Crippen molar-refractivity contribution in [2.24, 2.45) is 0 Å². The van der Waals surface area contributed by atoms with Gasteiger partial charge in [-0.05, 0) is 53.4 Å². The molecular weight excluding hydrogens is 223 g/mol. The van der Waals surface area contributed by atoms with Crippen LogP contribution in [0.15, 0.2) is 12.1 Å². The third kappa shape index (κ3) is 3.34. The van der Waals surface area contributed by atoms with Crippen LogP contribution >= 0.6 is 0 Å². The second kappa shape index (κ2) is 6.36. The molecular formula is C17H27F. The van der Waals surface area contributed by atoms with E-state index in [1.165, 1.54) is 18.4 Å². The molecule has 1 aliphatic carbocycles. The van der Waals surface area contributed by atoms with Gasteiger partial charge in [-0.1, -0.05) is 47.6 Å². The van der Waals surface area contributed by atoms with Gasteiger partial charge in [0, 0.05) is 0 Å². The molecule has 1 saturated carbocycles. The summed E-state index contributed by atoms with van der Waals surface area (Å²) in [6.07, 6.45) is 2.47. The summed E-state index contributed by atoms with van der Waals surface area (Å²) in [5.74, 6) is 1.33. The molecule has 0 aromatic heterocycles. The Hall–Kier alpha value is -0.850. The van der Waals surface area contributed by atoms with Crippen molar-refractivity contribution < 1.29 is 4.39 Å². The van der Waals surface area contributed by atoms with E-state index < -0.39 is 0 Å². The molecule has 1 heteroatoms. The molecule has 2 rings (SSSR count). The highest BCUT2D eigenvalue weighted by Crippen LogP contribution is 2.44. The largest absolute Gasteiger partial charge is 0.207 e. The minimum absolute atomic E-state index is 0.00287. The highest BCUT2D eigenvalue weighted by molar-refractivity contribution is 5.40. The SMILES string of the molecule is CC.CC(C)c1cc(F)c(C(C)C)c(C2CC2)c1. The molecule has 0 radical (unpaired) electrons. The van der Waals surface area contributed by atoms with Crippen molar-refractivity contribution in [2.75, 3.05) is 0 Å². The first kappa shape index (κ1) is 15.2. The van der Waals surface area contributed by atoms with E-state index in [4.69, 9.17) is 0 Å². The quantitative estimate of drug-likeness (QED) is 0.619. The van der Waals surface area contributed by atoms with Crippen LogP contribution in [-0.4, -0.2) is 0 Å². The standard InChI is InChI=1S/C15H21F.C2H6/c1-9(2)12-7-13(11-5-6-11)15(10(3)4)14(16)8-12;1-2/h7-11H,5-6H2,1-4H3;1-2H3. The molecule has 1 fully saturated rings. The molecule has 1 aromatic carbocycles. The second-order valence-electron chi connectivity index (χ2n) is 5.59. The molecule has 1 aliphatic rings. The van der Waals surface area contributed by atoms with Crippen molar-refractivity contribution in [1.82, 2.24) is 0 Å². The maximum Gasteiger partial charge on any atom is 0.127 e. The zero-order valence-electron chi connectivity index (χ0n) is 12.7. The van der Waals surface area contributed by atoms with Crippen molar-refractivity contribution in [3.63, 3.8) is 0 Å². The van der Waals surface area contributed by atoms with Gasteiger partial charge >= 0.3 is 0 Å². The van der Waals surface area contributed by atoms with Gasteiger partial charge in [0.1, 0.15) is 5.82 Å². The molecule has 0 saturated heterocycles. The minimum Gasteiger partial charge on any atom is -0.207 e. The molecule has 0 spiro atoms. The zero-order chi connectivity index (χ0) is 13.9. The van der Waals surface area contributed by atoms with Crippen LogP contribution in [0.2, 0.25) is 0 Å². The van der Waals surface area contributed by atoms with Gasteiger partial charge in [-0.3, -0.25) is 0 Å². The van der Waals surface area contributed by atoms with Gasteiger partial charge in [0.05, 0.1) is 0 Å². The highest BCUT2D eigenvalue weighted by Gasteiger charge is 2.29. The average molecular weight is 250 g/mol. The van der Waals surface area contributed by atoms with Gasteiger partial charge in [0.25, 0.3) is 0 Å².